The Hall–Kier alpha value is 3.98. The van der Waals surface area contributed by atoms with Gasteiger partial charge in [-0.15, -0.1) is 0 Å². The normalized spacial score (nSPS) is 5.36. The molecular weight excluding hydrogens is 410 g/mol. The zero-order valence-corrected chi connectivity index (χ0v) is 6.61. The summed E-state index contributed by atoms with van der Waals surface area (Å²) >= 11 is 0. The van der Waals surface area contributed by atoms with Crippen LogP contribution in [0, 0.1) is 0 Å². The summed E-state index contributed by atoms with van der Waals surface area (Å²) in [5, 5.41) is 0. The van der Waals surface area contributed by atoms with Crippen LogP contribution in [-0.4, -0.2) is 109 Å². The molecule has 0 amide bonds. The summed E-state index contributed by atoms with van der Waals surface area (Å²) in [5.41, 5.74) is 0. The van der Waals surface area contributed by atoms with Crippen LogP contribution >= 0.6 is 7.82 Å². The Kier molecular flexibility index (Phi) is 98.8. The third-order valence-corrected chi connectivity index (χ3v) is 0. The fourth-order valence-corrected chi connectivity index (χ4v) is 0. The fourth-order valence-electron chi connectivity index (χ4n) is 0. The molecule has 5 N–H and O–H groups in total. The standard InChI is InChI=1S/Al.Ba.Fe.Mg.Mn.H3O4P.H2O.7H/c;;;;;1-5(2,3)4;;;;;;;;/h;;;;;(H3,1,2,3,4);1H2;;;;;;;. The van der Waals surface area contributed by atoms with Crippen LogP contribution < -0.4 is 0 Å². The van der Waals surface area contributed by atoms with Gasteiger partial charge in [0, 0.05) is 34.1 Å². The van der Waals surface area contributed by atoms with E-state index < -0.39 is 7.82 Å². The van der Waals surface area contributed by atoms with Gasteiger partial charge in [-0.25, -0.2) is 4.57 Å². The summed E-state index contributed by atoms with van der Waals surface area (Å²) in [6.45, 7) is 0. The molecule has 0 aromatic carbocycles. The van der Waals surface area contributed by atoms with Crippen molar-refractivity contribution in [2.75, 3.05) is 0 Å². The van der Waals surface area contributed by atoms with Gasteiger partial charge in [-0.1, -0.05) is 0 Å². The Bertz CT molecular complexity index is 72.6. The van der Waals surface area contributed by atoms with Crippen molar-refractivity contribution in [2.24, 2.45) is 0 Å². The van der Waals surface area contributed by atoms with Crippen molar-refractivity contribution in [3.63, 3.8) is 0 Å². The van der Waals surface area contributed by atoms with E-state index in [0.29, 0.717) is 0 Å². The second-order valence-corrected chi connectivity index (χ2v) is 1.54. The van der Waals surface area contributed by atoms with Gasteiger partial charge in [0.05, 0.1) is 0 Å². The fraction of sp³-hybridized carbons (Fsp3) is 0. The molecule has 0 rings (SSSR count). The molecule has 11 heteroatoms. The SMILES string of the molecule is O.O=P(O)(O)O.[AlH3].[BaH2].[Fe].[MgH2].[Mn]. The molecule has 0 spiro atoms. The Labute approximate surface area is 153 Å². The van der Waals surface area contributed by atoms with Gasteiger partial charge >= 0.3 is 79.8 Å². The first-order valence-corrected chi connectivity index (χ1v) is 2.35. The van der Waals surface area contributed by atoms with Crippen molar-refractivity contribution in [1.82, 2.24) is 0 Å². The van der Waals surface area contributed by atoms with Gasteiger partial charge in [0.15, 0.2) is 17.4 Å². The van der Waals surface area contributed by atoms with Crippen LogP contribution in [-0.2, 0) is 38.7 Å². The van der Waals surface area contributed by atoms with Crippen molar-refractivity contribution in [3.8, 4) is 0 Å². The zero-order chi connectivity index (χ0) is 4.50. The average Bonchev–Trinajstić information content (AvgIpc) is 0.722. The van der Waals surface area contributed by atoms with Gasteiger partial charge in [0.25, 0.3) is 0 Å². The molecule has 0 unspecified atom stereocenters. The van der Waals surface area contributed by atoms with Crippen molar-refractivity contribution in [1.29, 1.82) is 0 Å². The summed E-state index contributed by atoms with van der Waals surface area (Å²) in [5.74, 6) is 0. The first-order valence-electron chi connectivity index (χ1n) is 0.783. The molecule has 1 radical (unpaired) electrons. The van der Waals surface area contributed by atoms with Gasteiger partial charge in [0.2, 0.25) is 0 Å². The van der Waals surface area contributed by atoms with Crippen LogP contribution in [0.25, 0.3) is 0 Å². The predicted molar refractivity (Wildman–Crippen MR) is 44.9 cm³/mol. The molecule has 0 fully saturated rings. The molecule has 5 nitrogen and oxygen atoms in total. The molecule has 0 heterocycles. The van der Waals surface area contributed by atoms with Crippen LogP contribution in [0.4, 0.5) is 0 Å². The Morgan fingerprint density at radius 1 is 1.09 bits per heavy atom. The molecule has 0 aliphatic carbocycles. The van der Waals surface area contributed by atoms with E-state index in [1.807, 2.05) is 0 Å². The van der Waals surface area contributed by atoms with Crippen molar-refractivity contribution < 1.29 is 58.9 Å². The summed E-state index contributed by atoms with van der Waals surface area (Å²) in [6.07, 6.45) is 0. The third kappa shape index (κ3) is 127. The smallest absolute Gasteiger partial charge is 0 e. The summed E-state index contributed by atoms with van der Waals surface area (Å²) in [4.78, 5) is 21.6. The minimum absolute atomic E-state index is 0. The minimum Gasteiger partial charge on any atom is 0 e. The maximum atomic E-state index is 8.88. The summed E-state index contributed by atoms with van der Waals surface area (Å²) in [6, 6.07) is 0. The van der Waals surface area contributed by atoms with Crippen molar-refractivity contribution in [2.45, 2.75) is 0 Å². The van der Waals surface area contributed by atoms with Crippen LogP contribution in [0.1, 0.15) is 0 Å². The molecule has 0 saturated carbocycles. The van der Waals surface area contributed by atoms with Crippen molar-refractivity contribution >= 4 is 97.1 Å². The average molecular weight is 422 g/mol. The van der Waals surface area contributed by atoms with E-state index in [9.17, 15) is 0 Å². The van der Waals surface area contributed by atoms with Crippen LogP contribution in [0.15, 0.2) is 0 Å². The van der Waals surface area contributed by atoms with Gasteiger partial charge in [0.1, 0.15) is 0 Å². The molecule has 0 aromatic rings. The van der Waals surface area contributed by atoms with Gasteiger partial charge in [-0.2, -0.15) is 0 Å². The van der Waals surface area contributed by atoms with E-state index in [1.165, 1.54) is 0 Å². The second kappa shape index (κ2) is 23.6. The van der Waals surface area contributed by atoms with Gasteiger partial charge < -0.3 is 20.2 Å². The third-order valence-electron chi connectivity index (χ3n) is 0. The molecule has 0 atom stereocenters. The van der Waals surface area contributed by atoms with E-state index >= 15 is 0 Å². The number of hydrogen-bond donors (Lipinski definition) is 3. The number of rotatable bonds is 0. The molecule has 0 aromatic heterocycles. The largest absolute Gasteiger partial charge is 0.316 e. The Morgan fingerprint density at radius 3 is 1.09 bits per heavy atom. The molecule has 0 aliphatic heterocycles. The quantitative estimate of drug-likeness (QED) is 0.269. The van der Waals surface area contributed by atoms with Gasteiger partial charge in [-0.3, -0.25) is 0 Å². The molecule has 0 saturated heterocycles. The first kappa shape index (κ1) is 46.0. The minimum atomic E-state index is -4.64. The van der Waals surface area contributed by atoms with E-state index in [1.54, 1.807) is 0 Å². The van der Waals surface area contributed by atoms with E-state index in [-0.39, 0.29) is 129 Å². The molecule has 0 bridgehead atoms. The van der Waals surface area contributed by atoms with Gasteiger partial charge in [-0.05, 0) is 0 Å². The van der Waals surface area contributed by atoms with Crippen LogP contribution in [0.3, 0.4) is 0 Å². The first-order chi connectivity index (χ1) is 2.00. The number of phosphoric acid groups is 1. The molecule has 0 aliphatic rings. The predicted octanol–water partition coefficient (Wildman–Crippen LogP) is -4.77. The van der Waals surface area contributed by atoms with E-state index in [2.05, 4.69) is 0 Å². The topological polar surface area (TPSA) is 109 Å². The summed E-state index contributed by atoms with van der Waals surface area (Å²) in [7, 11) is -4.64. The summed E-state index contributed by atoms with van der Waals surface area (Å²) < 4.78 is 8.88. The van der Waals surface area contributed by atoms with Crippen LogP contribution in [0.2, 0.25) is 0 Å². The van der Waals surface area contributed by atoms with Crippen molar-refractivity contribution in [3.05, 3.63) is 0 Å². The number of hydrogen-bond acceptors (Lipinski definition) is 1. The zero-order valence-electron chi connectivity index (χ0n) is 3.43. The molecule has 11 heavy (non-hydrogen) atoms. The van der Waals surface area contributed by atoms with Crippen LogP contribution in [0.5, 0.6) is 0 Å². The Balaban J connectivity index is -0.00000000533. The maximum absolute atomic E-state index is 8.88. The monoisotopic (exact) mass is 423 g/mol. The molecular formula is H12AlBaFeMgMnO5P. The molecule has 69 valence electrons. The van der Waals surface area contributed by atoms with E-state index in [4.69, 9.17) is 19.2 Å². The Morgan fingerprint density at radius 2 is 1.09 bits per heavy atom. The second-order valence-electron chi connectivity index (χ2n) is 0.513. The maximum Gasteiger partial charge on any atom is 0.316 e. The van der Waals surface area contributed by atoms with E-state index in [0.717, 1.165) is 0 Å².